The summed E-state index contributed by atoms with van der Waals surface area (Å²) in [6, 6.07) is 4.67. The molecule has 1 aromatic heterocycles. The molecular formula is C16H19FN4. The molecule has 2 aromatic rings. The van der Waals surface area contributed by atoms with Crippen LogP contribution in [-0.2, 0) is 12.8 Å². The van der Waals surface area contributed by atoms with Crippen LogP contribution in [0.25, 0.3) is 11.4 Å². The van der Waals surface area contributed by atoms with E-state index in [0.717, 1.165) is 48.1 Å². The van der Waals surface area contributed by atoms with E-state index in [1.54, 1.807) is 6.07 Å². The van der Waals surface area contributed by atoms with E-state index in [2.05, 4.69) is 15.4 Å². The molecule has 1 heterocycles. The predicted octanol–water partition coefficient (Wildman–Crippen LogP) is 3.15. The van der Waals surface area contributed by atoms with Gasteiger partial charge in [-0.1, -0.05) is 12.5 Å². The van der Waals surface area contributed by atoms with Crippen molar-refractivity contribution >= 4 is 5.82 Å². The Bertz CT molecular complexity index is 670. The number of rotatable bonds is 2. The maximum atomic E-state index is 13.5. The number of fused-ring (bicyclic) bond motifs is 1. The molecule has 3 N–H and O–H groups in total. The van der Waals surface area contributed by atoms with E-state index in [9.17, 15) is 4.39 Å². The smallest absolute Gasteiger partial charge is 0.162 e. The molecule has 110 valence electrons. The average Bonchev–Trinajstić information content (AvgIpc) is 2.74. The van der Waals surface area contributed by atoms with Crippen LogP contribution in [0.15, 0.2) is 18.2 Å². The molecule has 21 heavy (non-hydrogen) atoms. The second kappa shape index (κ2) is 5.77. The summed E-state index contributed by atoms with van der Waals surface area (Å²) >= 11 is 0. The maximum absolute atomic E-state index is 13.5. The Morgan fingerprint density at radius 3 is 2.76 bits per heavy atom. The quantitative estimate of drug-likeness (QED) is 0.506. The third-order valence-electron chi connectivity index (χ3n) is 4.01. The zero-order valence-electron chi connectivity index (χ0n) is 12.1. The molecule has 0 spiro atoms. The number of anilines is 1. The van der Waals surface area contributed by atoms with Gasteiger partial charge >= 0.3 is 0 Å². The SMILES string of the molecule is Cc1ccc(F)cc1-c1nc2c(c(NN)n1)CCCCC2. The summed E-state index contributed by atoms with van der Waals surface area (Å²) in [7, 11) is 0. The van der Waals surface area contributed by atoms with Crippen LogP contribution in [0.3, 0.4) is 0 Å². The number of nitrogen functional groups attached to an aromatic ring is 1. The Kier molecular flexibility index (Phi) is 3.84. The topological polar surface area (TPSA) is 63.8 Å². The fourth-order valence-corrected chi connectivity index (χ4v) is 2.85. The van der Waals surface area contributed by atoms with Gasteiger partial charge in [0.15, 0.2) is 5.82 Å². The highest BCUT2D eigenvalue weighted by atomic mass is 19.1. The first kappa shape index (κ1) is 13.9. The van der Waals surface area contributed by atoms with E-state index < -0.39 is 0 Å². The number of nitrogens with two attached hydrogens (primary N) is 1. The number of aryl methyl sites for hydroxylation is 2. The fourth-order valence-electron chi connectivity index (χ4n) is 2.85. The summed E-state index contributed by atoms with van der Waals surface area (Å²) in [4.78, 5) is 9.19. The van der Waals surface area contributed by atoms with Gasteiger partial charge < -0.3 is 5.43 Å². The number of halogens is 1. The summed E-state index contributed by atoms with van der Waals surface area (Å²) in [5, 5.41) is 0. The molecular weight excluding hydrogens is 267 g/mol. The summed E-state index contributed by atoms with van der Waals surface area (Å²) in [5.41, 5.74) is 6.50. The van der Waals surface area contributed by atoms with Crippen molar-refractivity contribution in [2.24, 2.45) is 5.84 Å². The largest absolute Gasteiger partial charge is 0.308 e. The first-order valence-corrected chi connectivity index (χ1v) is 7.32. The Labute approximate surface area is 123 Å². The summed E-state index contributed by atoms with van der Waals surface area (Å²) in [6.45, 7) is 1.93. The van der Waals surface area contributed by atoms with E-state index in [-0.39, 0.29) is 5.82 Å². The normalized spacial score (nSPS) is 14.4. The third-order valence-corrected chi connectivity index (χ3v) is 4.01. The molecule has 3 rings (SSSR count). The molecule has 1 aliphatic rings. The van der Waals surface area contributed by atoms with Crippen molar-refractivity contribution in [2.75, 3.05) is 5.43 Å². The van der Waals surface area contributed by atoms with Gasteiger partial charge in [-0.2, -0.15) is 0 Å². The van der Waals surface area contributed by atoms with Crippen molar-refractivity contribution in [1.29, 1.82) is 0 Å². The number of hydrogen-bond acceptors (Lipinski definition) is 4. The number of aromatic nitrogens is 2. The lowest BCUT2D eigenvalue weighted by Crippen LogP contribution is -2.14. The zero-order chi connectivity index (χ0) is 14.8. The Balaban J connectivity index is 2.15. The van der Waals surface area contributed by atoms with Gasteiger partial charge in [-0.25, -0.2) is 20.2 Å². The number of nitrogens with one attached hydrogen (secondary N) is 1. The van der Waals surface area contributed by atoms with Gasteiger partial charge in [-0.15, -0.1) is 0 Å². The fraction of sp³-hybridized carbons (Fsp3) is 0.375. The molecule has 1 aliphatic carbocycles. The van der Waals surface area contributed by atoms with Gasteiger partial charge in [-0.3, -0.25) is 0 Å². The van der Waals surface area contributed by atoms with Gasteiger partial charge in [0.25, 0.3) is 0 Å². The average molecular weight is 286 g/mol. The first-order chi connectivity index (χ1) is 10.2. The van der Waals surface area contributed by atoms with Crippen LogP contribution >= 0.6 is 0 Å². The number of hydrazine groups is 1. The Hall–Kier alpha value is -2.01. The van der Waals surface area contributed by atoms with E-state index in [1.165, 1.54) is 18.6 Å². The lowest BCUT2D eigenvalue weighted by Gasteiger charge is -2.13. The van der Waals surface area contributed by atoms with E-state index in [0.29, 0.717) is 11.6 Å². The minimum atomic E-state index is -0.281. The van der Waals surface area contributed by atoms with E-state index >= 15 is 0 Å². The summed E-state index contributed by atoms with van der Waals surface area (Å²) in [5.74, 6) is 6.55. The standard InChI is InChI=1S/C16H19FN4/c1-10-7-8-11(17)9-13(10)15-19-14-6-4-2-3-5-12(14)16(20-15)21-18/h7-9H,2-6,18H2,1H3,(H,19,20,21). The lowest BCUT2D eigenvalue weighted by atomic mass is 10.1. The van der Waals surface area contributed by atoms with Crippen LogP contribution in [0.4, 0.5) is 10.2 Å². The van der Waals surface area contributed by atoms with Gasteiger partial charge in [-0.05, 0) is 50.3 Å². The predicted molar refractivity (Wildman–Crippen MR) is 81.2 cm³/mol. The summed E-state index contributed by atoms with van der Waals surface area (Å²) < 4.78 is 13.5. The number of nitrogens with zero attached hydrogens (tertiary/aromatic N) is 2. The minimum Gasteiger partial charge on any atom is -0.308 e. The number of hydrogen-bond donors (Lipinski definition) is 2. The molecule has 0 atom stereocenters. The molecule has 0 unspecified atom stereocenters. The van der Waals surface area contributed by atoms with Crippen LogP contribution in [0.5, 0.6) is 0 Å². The second-order valence-corrected chi connectivity index (χ2v) is 5.49. The van der Waals surface area contributed by atoms with Crippen molar-refractivity contribution in [3.63, 3.8) is 0 Å². The van der Waals surface area contributed by atoms with Gasteiger partial charge in [0.1, 0.15) is 11.6 Å². The molecule has 1 aromatic carbocycles. The molecule has 0 saturated carbocycles. The summed E-state index contributed by atoms with van der Waals surface area (Å²) in [6.07, 6.45) is 5.30. The Morgan fingerprint density at radius 1 is 1.14 bits per heavy atom. The van der Waals surface area contributed by atoms with Crippen LogP contribution in [-0.4, -0.2) is 9.97 Å². The molecule has 0 amide bonds. The van der Waals surface area contributed by atoms with Crippen molar-refractivity contribution in [3.8, 4) is 11.4 Å². The molecule has 0 bridgehead atoms. The molecule has 5 heteroatoms. The highest BCUT2D eigenvalue weighted by Gasteiger charge is 2.18. The van der Waals surface area contributed by atoms with Crippen molar-refractivity contribution in [1.82, 2.24) is 9.97 Å². The van der Waals surface area contributed by atoms with Crippen molar-refractivity contribution < 1.29 is 4.39 Å². The third kappa shape index (κ3) is 2.74. The molecule has 0 radical (unpaired) electrons. The van der Waals surface area contributed by atoms with E-state index in [4.69, 9.17) is 5.84 Å². The van der Waals surface area contributed by atoms with Crippen LogP contribution in [0.2, 0.25) is 0 Å². The molecule has 0 aliphatic heterocycles. The van der Waals surface area contributed by atoms with Crippen LogP contribution in [0.1, 0.15) is 36.1 Å². The lowest BCUT2D eigenvalue weighted by molar-refractivity contribution is 0.627. The van der Waals surface area contributed by atoms with Gasteiger partial charge in [0.2, 0.25) is 0 Å². The van der Waals surface area contributed by atoms with E-state index in [1.807, 2.05) is 6.92 Å². The Morgan fingerprint density at radius 2 is 1.95 bits per heavy atom. The highest BCUT2D eigenvalue weighted by Crippen LogP contribution is 2.29. The van der Waals surface area contributed by atoms with Crippen LogP contribution < -0.4 is 11.3 Å². The number of benzene rings is 1. The van der Waals surface area contributed by atoms with Crippen LogP contribution in [0, 0.1) is 12.7 Å². The van der Waals surface area contributed by atoms with Gasteiger partial charge in [0.05, 0.1) is 0 Å². The van der Waals surface area contributed by atoms with Crippen molar-refractivity contribution in [2.45, 2.75) is 39.0 Å². The first-order valence-electron chi connectivity index (χ1n) is 7.32. The zero-order valence-corrected chi connectivity index (χ0v) is 12.1. The monoisotopic (exact) mass is 286 g/mol. The molecule has 4 nitrogen and oxygen atoms in total. The highest BCUT2D eigenvalue weighted by molar-refractivity contribution is 5.63. The maximum Gasteiger partial charge on any atom is 0.162 e. The molecule has 0 fully saturated rings. The second-order valence-electron chi connectivity index (χ2n) is 5.49. The van der Waals surface area contributed by atoms with Crippen molar-refractivity contribution in [3.05, 3.63) is 40.8 Å². The minimum absolute atomic E-state index is 0.281. The molecule has 0 saturated heterocycles. The van der Waals surface area contributed by atoms with Gasteiger partial charge in [0, 0.05) is 16.8 Å².